The maximum absolute atomic E-state index is 12.3. The largest absolute Gasteiger partial charge is 0.294 e. The third-order valence-corrected chi connectivity index (χ3v) is 4.66. The van der Waals surface area contributed by atoms with Gasteiger partial charge in [0.15, 0.2) is 5.78 Å². The number of ketones is 1. The zero-order valence-electron chi connectivity index (χ0n) is 11.9. The van der Waals surface area contributed by atoms with Crippen molar-refractivity contribution in [2.24, 2.45) is 0 Å². The summed E-state index contributed by atoms with van der Waals surface area (Å²) >= 11 is 1.21. The highest BCUT2D eigenvalue weighted by molar-refractivity contribution is 7.14. The average Bonchev–Trinajstić information content (AvgIpc) is 3.07. The second-order valence-electron chi connectivity index (χ2n) is 5.01. The molecule has 0 atom stereocenters. The first-order valence-electron chi connectivity index (χ1n) is 6.63. The lowest BCUT2D eigenvalue weighted by Crippen LogP contribution is -2.28. The third kappa shape index (κ3) is 2.53. The third-order valence-electron chi connectivity index (χ3n) is 3.49. The van der Waals surface area contributed by atoms with Crippen molar-refractivity contribution in [1.29, 1.82) is 0 Å². The SMILES string of the molecule is CC(=O)c1ccc(CN2C(=O)c3ccc([N+](=O)[O-])cc3C2=O)s1. The van der Waals surface area contributed by atoms with Crippen LogP contribution in [-0.4, -0.2) is 27.4 Å². The Morgan fingerprint density at radius 1 is 1.17 bits per heavy atom. The summed E-state index contributed by atoms with van der Waals surface area (Å²) in [5.74, 6) is -1.14. The van der Waals surface area contributed by atoms with Crippen LogP contribution >= 0.6 is 11.3 Å². The predicted octanol–water partition coefficient (Wildman–Crippen LogP) is 2.66. The zero-order chi connectivity index (χ0) is 16.7. The minimum atomic E-state index is -0.612. The summed E-state index contributed by atoms with van der Waals surface area (Å²) in [5.41, 5.74) is -0.0433. The summed E-state index contributed by atoms with van der Waals surface area (Å²) in [6.07, 6.45) is 0. The van der Waals surface area contributed by atoms with Crippen molar-refractivity contribution in [3.8, 4) is 0 Å². The van der Waals surface area contributed by atoms with Crippen LogP contribution in [-0.2, 0) is 6.54 Å². The van der Waals surface area contributed by atoms with Gasteiger partial charge in [-0.25, -0.2) is 0 Å². The van der Waals surface area contributed by atoms with Crippen molar-refractivity contribution in [2.75, 3.05) is 0 Å². The number of imide groups is 1. The van der Waals surface area contributed by atoms with Gasteiger partial charge in [0.1, 0.15) is 0 Å². The van der Waals surface area contributed by atoms with E-state index in [0.29, 0.717) is 9.75 Å². The van der Waals surface area contributed by atoms with E-state index in [0.717, 1.165) is 11.0 Å². The molecule has 2 aromatic rings. The van der Waals surface area contributed by atoms with Gasteiger partial charge < -0.3 is 0 Å². The number of nitro benzene ring substituents is 1. The molecular formula is C15H10N2O5S. The van der Waals surface area contributed by atoms with Gasteiger partial charge in [-0.15, -0.1) is 11.3 Å². The number of fused-ring (bicyclic) bond motifs is 1. The van der Waals surface area contributed by atoms with Crippen LogP contribution in [0.5, 0.6) is 0 Å². The minimum Gasteiger partial charge on any atom is -0.294 e. The molecule has 2 amide bonds. The second kappa shape index (κ2) is 5.40. The molecule has 0 fully saturated rings. The van der Waals surface area contributed by atoms with Gasteiger partial charge in [0.25, 0.3) is 17.5 Å². The van der Waals surface area contributed by atoms with Crippen LogP contribution < -0.4 is 0 Å². The van der Waals surface area contributed by atoms with Gasteiger partial charge >= 0.3 is 0 Å². The van der Waals surface area contributed by atoms with Crippen LogP contribution in [0.2, 0.25) is 0 Å². The van der Waals surface area contributed by atoms with Gasteiger partial charge in [-0.1, -0.05) is 0 Å². The van der Waals surface area contributed by atoms with E-state index >= 15 is 0 Å². The van der Waals surface area contributed by atoms with Crippen LogP contribution in [0.15, 0.2) is 30.3 Å². The van der Waals surface area contributed by atoms with Gasteiger partial charge in [0.2, 0.25) is 0 Å². The topological polar surface area (TPSA) is 97.6 Å². The Balaban J connectivity index is 1.90. The van der Waals surface area contributed by atoms with Crippen molar-refractivity contribution in [1.82, 2.24) is 4.90 Å². The number of carbonyl (C=O) groups is 3. The molecule has 0 aliphatic carbocycles. The summed E-state index contributed by atoms with van der Waals surface area (Å²) in [4.78, 5) is 48.4. The number of carbonyl (C=O) groups excluding carboxylic acids is 3. The normalized spacial score (nSPS) is 13.3. The minimum absolute atomic E-state index is 0.0348. The molecule has 116 valence electrons. The standard InChI is InChI=1S/C15H10N2O5S/c1-8(18)13-5-3-10(23-13)7-16-14(19)11-4-2-9(17(21)22)6-12(11)15(16)20/h2-6H,7H2,1H3. The first kappa shape index (κ1) is 15.0. The van der Waals surface area contributed by atoms with Crippen LogP contribution in [0, 0.1) is 10.1 Å². The highest BCUT2D eigenvalue weighted by Gasteiger charge is 2.36. The van der Waals surface area contributed by atoms with Gasteiger partial charge in [0.05, 0.1) is 27.5 Å². The Hall–Kier alpha value is -2.87. The van der Waals surface area contributed by atoms with Crippen molar-refractivity contribution >= 4 is 34.6 Å². The van der Waals surface area contributed by atoms with Crippen molar-refractivity contribution in [3.05, 3.63) is 61.3 Å². The highest BCUT2D eigenvalue weighted by Crippen LogP contribution is 2.29. The predicted molar refractivity (Wildman–Crippen MR) is 81.6 cm³/mol. The number of rotatable bonds is 4. The number of non-ortho nitro benzene ring substituents is 1. The molecule has 0 radical (unpaired) electrons. The monoisotopic (exact) mass is 330 g/mol. The molecular weight excluding hydrogens is 320 g/mol. The molecule has 0 unspecified atom stereocenters. The fourth-order valence-corrected chi connectivity index (χ4v) is 3.24. The van der Waals surface area contributed by atoms with E-state index in [2.05, 4.69) is 0 Å². The van der Waals surface area contributed by atoms with Crippen LogP contribution in [0.3, 0.4) is 0 Å². The van der Waals surface area contributed by atoms with Crippen molar-refractivity contribution in [3.63, 3.8) is 0 Å². The second-order valence-corrected chi connectivity index (χ2v) is 6.17. The Labute approximate surface area is 134 Å². The maximum atomic E-state index is 12.3. The number of thiophene rings is 1. The number of nitrogens with zero attached hydrogens (tertiary/aromatic N) is 2. The molecule has 0 bridgehead atoms. The lowest BCUT2D eigenvalue weighted by atomic mass is 10.1. The van der Waals surface area contributed by atoms with E-state index in [4.69, 9.17) is 0 Å². The van der Waals surface area contributed by atoms with Crippen molar-refractivity contribution in [2.45, 2.75) is 13.5 Å². The van der Waals surface area contributed by atoms with Crippen LogP contribution in [0.1, 0.15) is 42.2 Å². The van der Waals surface area contributed by atoms with E-state index < -0.39 is 16.7 Å². The average molecular weight is 330 g/mol. The molecule has 0 N–H and O–H groups in total. The maximum Gasteiger partial charge on any atom is 0.270 e. The Morgan fingerprint density at radius 3 is 2.48 bits per heavy atom. The van der Waals surface area contributed by atoms with Gasteiger partial charge in [-0.3, -0.25) is 29.4 Å². The molecule has 8 heteroatoms. The summed E-state index contributed by atoms with van der Waals surface area (Å²) in [6.45, 7) is 1.48. The molecule has 2 heterocycles. The number of nitro groups is 1. The fourth-order valence-electron chi connectivity index (χ4n) is 2.34. The van der Waals surface area contributed by atoms with Crippen LogP contribution in [0.25, 0.3) is 0 Å². The Morgan fingerprint density at radius 2 is 1.87 bits per heavy atom. The fraction of sp³-hybridized carbons (Fsp3) is 0.133. The molecule has 0 saturated carbocycles. The number of hydrogen-bond acceptors (Lipinski definition) is 6. The van der Waals surface area contributed by atoms with E-state index in [1.165, 1.54) is 30.4 Å². The first-order chi connectivity index (χ1) is 10.9. The number of amides is 2. The molecule has 23 heavy (non-hydrogen) atoms. The number of benzene rings is 1. The van der Waals surface area contributed by atoms with E-state index in [9.17, 15) is 24.5 Å². The highest BCUT2D eigenvalue weighted by atomic mass is 32.1. The van der Waals surface area contributed by atoms with E-state index in [1.54, 1.807) is 12.1 Å². The van der Waals surface area contributed by atoms with Gasteiger partial charge in [-0.05, 0) is 25.1 Å². The van der Waals surface area contributed by atoms with Crippen LogP contribution in [0.4, 0.5) is 5.69 Å². The molecule has 1 aromatic heterocycles. The molecule has 1 aromatic carbocycles. The van der Waals surface area contributed by atoms with Gasteiger partial charge in [-0.2, -0.15) is 0 Å². The lowest BCUT2D eigenvalue weighted by molar-refractivity contribution is -0.384. The summed E-state index contributed by atoms with van der Waals surface area (Å²) < 4.78 is 0. The van der Waals surface area contributed by atoms with E-state index in [-0.39, 0.29) is 29.1 Å². The molecule has 1 aliphatic rings. The zero-order valence-corrected chi connectivity index (χ0v) is 12.8. The van der Waals surface area contributed by atoms with Crippen molar-refractivity contribution < 1.29 is 19.3 Å². The summed E-state index contributed by atoms with van der Waals surface area (Å²) in [5, 5.41) is 10.8. The number of Topliss-reactive ketones (excluding diaryl/α,β-unsaturated/α-hetero) is 1. The molecule has 3 rings (SSSR count). The quantitative estimate of drug-likeness (QED) is 0.371. The first-order valence-corrected chi connectivity index (χ1v) is 7.44. The number of hydrogen-bond donors (Lipinski definition) is 0. The molecule has 0 saturated heterocycles. The van der Waals surface area contributed by atoms with E-state index in [1.807, 2.05) is 0 Å². The Kier molecular flexibility index (Phi) is 3.53. The van der Waals surface area contributed by atoms with Gasteiger partial charge in [0, 0.05) is 17.0 Å². The Bertz CT molecular complexity index is 871. The summed E-state index contributed by atoms with van der Waals surface area (Å²) in [7, 11) is 0. The molecule has 0 spiro atoms. The molecule has 7 nitrogen and oxygen atoms in total. The summed E-state index contributed by atoms with van der Waals surface area (Å²) in [6, 6.07) is 6.94. The smallest absolute Gasteiger partial charge is 0.270 e. The molecule has 1 aliphatic heterocycles. The lowest BCUT2D eigenvalue weighted by Gasteiger charge is -2.11.